The van der Waals surface area contributed by atoms with Gasteiger partial charge in [0.15, 0.2) is 0 Å². The van der Waals surface area contributed by atoms with E-state index in [-0.39, 0.29) is 0 Å². The van der Waals surface area contributed by atoms with Gasteiger partial charge >= 0.3 is 0 Å². The van der Waals surface area contributed by atoms with Crippen molar-refractivity contribution in [1.29, 1.82) is 0 Å². The lowest BCUT2D eigenvalue weighted by Gasteiger charge is -2.30. The Morgan fingerprint density at radius 1 is 1.21 bits per heavy atom. The summed E-state index contributed by atoms with van der Waals surface area (Å²) < 4.78 is 0. The van der Waals surface area contributed by atoms with E-state index in [1.807, 2.05) is 0 Å². The fraction of sp³-hybridized carbons (Fsp3) is 0.647. The predicted molar refractivity (Wildman–Crippen MR) is 80.4 cm³/mol. The van der Waals surface area contributed by atoms with E-state index in [2.05, 4.69) is 42.3 Å². The van der Waals surface area contributed by atoms with Crippen LogP contribution in [-0.4, -0.2) is 30.1 Å². The third kappa shape index (κ3) is 2.85. The monoisotopic (exact) mass is 258 g/mol. The molecule has 2 saturated heterocycles. The van der Waals surface area contributed by atoms with Gasteiger partial charge in [-0.05, 0) is 63.7 Å². The Morgan fingerprint density at radius 2 is 2.11 bits per heavy atom. The summed E-state index contributed by atoms with van der Waals surface area (Å²) in [5, 5.41) is 3.70. The normalized spacial score (nSPS) is 28.1. The molecule has 2 heterocycles. The summed E-state index contributed by atoms with van der Waals surface area (Å²) in [6, 6.07) is 8.40. The minimum atomic E-state index is 0.744. The van der Waals surface area contributed by atoms with Crippen molar-refractivity contribution in [3.63, 3.8) is 0 Å². The third-order valence-corrected chi connectivity index (χ3v) is 4.85. The maximum absolute atomic E-state index is 3.70. The average molecular weight is 258 g/mol. The number of rotatable bonds is 3. The Kier molecular flexibility index (Phi) is 3.90. The second-order valence-electron chi connectivity index (χ2n) is 6.31. The molecule has 2 fully saturated rings. The van der Waals surface area contributed by atoms with Gasteiger partial charge in [-0.2, -0.15) is 0 Å². The molecule has 1 N–H and O–H groups in total. The summed E-state index contributed by atoms with van der Waals surface area (Å²) in [4.78, 5) is 2.71. The quantitative estimate of drug-likeness (QED) is 0.896. The fourth-order valence-electron chi connectivity index (χ4n) is 3.79. The van der Waals surface area contributed by atoms with Crippen LogP contribution >= 0.6 is 0 Å². The van der Waals surface area contributed by atoms with Crippen LogP contribution in [0.25, 0.3) is 0 Å². The molecule has 0 amide bonds. The summed E-state index contributed by atoms with van der Waals surface area (Å²) in [6.07, 6.45) is 5.48. The van der Waals surface area contributed by atoms with Crippen LogP contribution in [0.2, 0.25) is 0 Å². The van der Waals surface area contributed by atoms with Gasteiger partial charge in [0.25, 0.3) is 0 Å². The minimum absolute atomic E-state index is 0.744. The second kappa shape index (κ2) is 5.64. The Morgan fingerprint density at radius 3 is 2.84 bits per heavy atom. The van der Waals surface area contributed by atoms with E-state index >= 15 is 0 Å². The highest BCUT2D eigenvalue weighted by Crippen LogP contribution is 2.27. The SMILES string of the molecule is Cc1ccc(CN2CCCC2C2CCCN2)c(C)c1. The van der Waals surface area contributed by atoms with Crippen LogP contribution in [0, 0.1) is 13.8 Å². The van der Waals surface area contributed by atoms with Gasteiger partial charge in [-0.15, -0.1) is 0 Å². The molecule has 0 spiro atoms. The topological polar surface area (TPSA) is 15.3 Å². The number of nitrogens with one attached hydrogen (secondary N) is 1. The number of likely N-dealkylation sites (tertiary alicyclic amines) is 1. The Bertz CT molecular complexity index is 435. The molecule has 19 heavy (non-hydrogen) atoms. The highest BCUT2D eigenvalue weighted by molar-refractivity contribution is 5.30. The minimum Gasteiger partial charge on any atom is -0.312 e. The largest absolute Gasteiger partial charge is 0.312 e. The standard InChI is InChI=1S/C17H26N2/c1-13-7-8-15(14(2)11-13)12-19-10-4-6-17(19)16-5-3-9-18-16/h7-8,11,16-18H,3-6,9-10,12H2,1-2H3. The fourth-order valence-corrected chi connectivity index (χ4v) is 3.79. The predicted octanol–water partition coefficient (Wildman–Crippen LogP) is 3.02. The molecule has 0 saturated carbocycles. The number of aryl methyl sites for hydroxylation is 2. The van der Waals surface area contributed by atoms with E-state index in [4.69, 9.17) is 0 Å². The first-order valence-corrected chi connectivity index (χ1v) is 7.77. The van der Waals surface area contributed by atoms with Crippen molar-refractivity contribution < 1.29 is 0 Å². The van der Waals surface area contributed by atoms with E-state index in [1.54, 1.807) is 0 Å². The van der Waals surface area contributed by atoms with Crippen molar-refractivity contribution in [2.24, 2.45) is 0 Å². The molecule has 2 atom stereocenters. The molecule has 2 unspecified atom stereocenters. The van der Waals surface area contributed by atoms with Gasteiger partial charge in [0.2, 0.25) is 0 Å². The van der Waals surface area contributed by atoms with Crippen LogP contribution in [-0.2, 0) is 6.54 Å². The molecule has 1 aromatic rings. The van der Waals surface area contributed by atoms with Gasteiger partial charge in [0, 0.05) is 18.6 Å². The maximum atomic E-state index is 3.70. The van der Waals surface area contributed by atoms with Gasteiger partial charge in [0.1, 0.15) is 0 Å². The van der Waals surface area contributed by atoms with Gasteiger partial charge < -0.3 is 5.32 Å². The zero-order chi connectivity index (χ0) is 13.2. The smallest absolute Gasteiger partial charge is 0.0253 e. The van der Waals surface area contributed by atoms with Crippen molar-refractivity contribution in [3.8, 4) is 0 Å². The molecular weight excluding hydrogens is 232 g/mol. The van der Waals surface area contributed by atoms with Crippen molar-refractivity contribution in [1.82, 2.24) is 10.2 Å². The van der Waals surface area contributed by atoms with Crippen LogP contribution in [0.3, 0.4) is 0 Å². The van der Waals surface area contributed by atoms with Crippen LogP contribution in [0.5, 0.6) is 0 Å². The molecular formula is C17H26N2. The molecule has 0 bridgehead atoms. The van der Waals surface area contributed by atoms with Crippen molar-refractivity contribution in [2.45, 2.75) is 58.2 Å². The molecule has 2 aliphatic heterocycles. The second-order valence-corrected chi connectivity index (χ2v) is 6.31. The first kappa shape index (κ1) is 13.1. The van der Waals surface area contributed by atoms with E-state index in [9.17, 15) is 0 Å². The third-order valence-electron chi connectivity index (χ3n) is 4.85. The summed E-state index contributed by atoms with van der Waals surface area (Å²) in [7, 11) is 0. The Balaban J connectivity index is 1.70. The van der Waals surface area contributed by atoms with Gasteiger partial charge in [0.05, 0.1) is 0 Å². The molecule has 2 aliphatic rings. The molecule has 3 rings (SSSR count). The summed E-state index contributed by atoms with van der Waals surface area (Å²) >= 11 is 0. The van der Waals surface area contributed by atoms with Crippen LogP contribution < -0.4 is 5.32 Å². The van der Waals surface area contributed by atoms with Crippen molar-refractivity contribution in [3.05, 3.63) is 34.9 Å². The first-order chi connectivity index (χ1) is 9.24. The van der Waals surface area contributed by atoms with E-state index in [1.165, 1.54) is 55.5 Å². The molecule has 0 aromatic heterocycles. The van der Waals surface area contributed by atoms with Crippen molar-refractivity contribution in [2.75, 3.05) is 13.1 Å². The number of benzene rings is 1. The summed E-state index contributed by atoms with van der Waals surface area (Å²) in [5.41, 5.74) is 4.33. The Labute approximate surface area is 117 Å². The Hall–Kier alpha value is -0.860. The molecule has 104 valence electrons. The molecule has 2 nitrogen and oxygen atoms in total. The lowest BCUT2D eigenvalue weighted by molar-refractivity contribution is 0.206. The first-order valence-electron chi connectivity index (χ1n) is 7.77. The number of hydrogen-bond donors (Lipinski definition) is 1. The summed E-state index contributed by atoms with van der Waals surface area (Å²) in [6.45, 7) is 8.06. The lowest BCUT2D eigenvalue weighted by atomic mass is 10.0. The lowest BCUT2D eigenvalue weighted by Crippen LogP contribution is -2.43. The van der Waals surface area contributed by atoms with Crippen molar-refractivity contribution >= 4 is 0 Å². The van der Waals surface area contributed by atoms with E-state index in [0.29, 0.717) is 0 Å². The molecule has 1 aromatic carbocycles. The van der Waals surface area contributed by atoms with Gasteiger partial charge in [-0.3, -0.25) is 4.90 Å². The van der Waals surface area contributed by atoms with Crippen LogP contribution in [0.4, 0.5) is 0 Å². The highest BCUT2D eigenvalue weighted by atomic mass is 15.2. The summed E-state index contributed by atoms with van der Waals surface area (Å²) in [5.74, 6) is 0. The zero-order valence-corrected chi connectivity index (χ0v) is 12.3. The zero-order valence-electron chi connectivity index (χ0n) is 12.3. The van der Waals surface area contributed by atoms with E-state index in [0.717, 1.165) is 18.6 Å². The van der Waals surface area contributed by atoms with Gasteiger partial charge in [-0.1, -0.05) is 23.8 Å². The maximum Gasteiger partial charge on any atom is 0.0253 e. The van der Waals surface area contributed by atoms with Crippen LogP contribution in [0.1, 0.15) is 42.4 Å². The number of nitrogens with zero attached hydrogens (tertiary/aromatic N) is 1. The van der Waals surface area contributed by atoms with Crippen LogP contribution in [0.15, 0.2) is 18.2 Å². The molecule has 0 aliphatic carbocycles. The highest BCUT2D eigenvalue weighted by Gasteiger charge is 2.33. The van der Waals surface area contributed by atoms with E-state index < -0.39 is 0 Å². The average Bonchev–Trinajstić information content (AvgIpc) is 3.03. The van der Waals surface area contributed by atoms with Gasteiger partial charge in [-0.25, -0.2) is 0 Å². The molecule has 2 heteroatoms. The number of hydrogen-bond acceptors (Lipinski definition) is 2. The molecule has 0 radical (unpaired) electrons.